The predicted octanol–water partition coefficient (Wildman–Crippen LogP) is 3.91. The van der Waals surface area contributed by atoms with Gasteiger partial charge in [0.1, 0.15) is 5.82 Å². The Hall–Kier alpha value is -2.55. The van der Waals surface area contributed by atoms with Crippen LogP contribution in [0.4, 0.5) is 4.39 Å². The second-order valence-electron chi connectivity index (χ2n) is 8.13. The molecule has 1 saturated heterocycles. The molecule has 5 rings (SSSR count). The van der Waals surface area contributed by atoms with Gasteiger partial charge in [-0.05, 0) is 62.2 Å². The number of halogens is 3. The minimum absolute atomic E-state index is 0. The van der Waals surface area contributed by atoms with Crippen molar-refractivity contribution in [3.8, 4) is 0 Å². The third-order valence-electron chi connectivity index (χ3n) is 6.19. The van der Waals surface area contributed by atoms with Crippen molar-refractivity contribution in [2.75, 3.05) is 19.6 Å². The highest BCUT2D eigenvalue weighted by Gasteiger charge is 2.23. The van der Waals surface area contributed by atoms with Crippen molar-refractivity contribution in [3.05, 3.63) is 68.2 Å². The van der Waals surface area contributed by atoms with Crippen LogP contribution in [0.1, 0.15) is 25.3 Å². The third-order valence-corrected chi connectivity index (χ3v) is 6.43. The number of fused-ring (bicyclic) bond motifs is 2. The molecule has 2 aromatic carbocycles. The second kappa shape index (κ2) is 9.13. The third kappa shape index (κ3) is 4.22. The van der Waals surface area contributed by atoms with E-state index in [4.69, 9.17) is 11.6 Å². The standard InChI is InChI=1S/C22H23ClFN5O2.ClH/c23-14-2-4-20-17(12-14)26-22(31)29(20)16-6-10-27(11-7-16)8-1-9-28-19-5-3-15(24)13-18(19)25-21(28)30;/h2-5,12-13,16H,1,6-11H2,(H,25,30)(H,26,31);1H. The van der Waals surface area contributed by atoms with Gasteiger partial charge in [-0.1, -0.05) is 11.6 Å². The molecule has 1 aliphatic heterocycles. The van der Waals surface area contributed by atoms with Crippen LogP contribution in [0.5, 0.6) is 0 Å². The van der Waals surface area contributed by atoms with Crippen LogP contribution in [0.15, 0.2) is 46.0 Å². The first kappa shape index (κ1) is 22.6. The number of rotatable bonds is 5. The Kier molecular flexibility index (Phi) is 6.46. The van der Waals surface area contributed by atoms with Crippen LogP contribution < -0.4 is 11.4 Å². The molecule has 3 heterocycles. The molecule has 0 atom stereocenters. The Morgan fingerprint density at radius 3 is 2.41 bits per heavy atom. The fraction of sp³-hybridized carbons (Fsp3) is 0.364. The molecular weight excluding hydrogens is 456 g/mol. The van der Waals surface area contributed by atoms with Gasteiger partial charge >= 0.3 is 11.4 Å². The number of aromatic amines is 2. The number of benzene rings is 2. The zero-order chi connectivity index (χ0) is 21.5. The normalized spacial score (nSPS) is 15.4. The van der Waals surface area contributed by atoms with Crippen LogP contribution >= 0.6 is 24.0 Å². The van der Waals surface area contributed by atoms with E-state index in [0.29, 0.717) is 17.1 Å². The fourth-order valence-corrected chi connectivity index (χ4v) is 4.85. The Morgan fingerprint density at radius 2 is 1.62 bits per heavy atom. The molecule has 0 spiro atoms. The Morgan fingerprint density at radius 1 is 0.938 bits per heavy atom. The van der Waals surface area contributed by atoms with Crippen LogP contribution in [0.2, 0.25) is 5.02 Å². The van der Waals surface area contributed by atoms with Gasteiger partial charge in [-0.25, -0.2) is 14.0 Å². The summed E-state index contributed by atoms with van der Waals surface area (Å²) in [4.78, 5) is 32.7. The minimum Gasteiger partial charge on any atom is -0.305 e. The summed E-state index contributed by atoms with van der Waals surface area (Å²) in [6.45, 7) is 3.23. The average molecular weight is 480 g/mol. The maximum Gasteiger partial charge on any atom is 0.326 e. The molecule has 7 nitrogen and oxygen atoms in total. The van der Waals surface area contributed by atoms with E-state index in [9.17, 15) is 14.0 Å². The molecule has 0 bridgehead atoms. The van der Waals surface area contributed by atoms with Crippen LogP contribution in [0.25, 0.3) is 22.1 Å². The molecule has 2 aromatic heterocycles. The SMILES string of the molecule is Cl.O=c1[nH]c2cc(F)ccc2n1CCCN1CCC(n2c(=O)[nH]c3cc(Cl)ccc32)CC1. The number of aryl methyl sites for hydroxylation is 1. The summed E-state index contributed by atoms with van der Waals surface area (Å²) in [6.07, 6.45) is 2.60. The number of imidazole rings is 2. The van der Waals surface area contributed by atoms with Crippen LogP contribution in [-0.4, -0.2) is 43.6 Å². The van der Waals surface area contributed by atoms with E-state index in [1.54, 1.807) is 16.7 Å². The van der Waals surface area contributed by atoms with Gasteiger partial charge in [0.25, 0.3) is 0 Å². The van der Waals surface area contributed by atoms with Gasteiger partial charge in [0.2, 0.25) is 0 Å². The van der Waals surface area contributed by atoms with Gasteiger partial charge < -0.3 is 14.9 Å². The summed E-state index contributed by atoms with van der Waals surface area (Å²) in [6, 6.07) is 10.0. The zero-order valence-electron chi connectivity index (χ0n) is 17.3. The first-order valence-corrected chi connectivity index (χ1v) is 10.9. The van der Waals surface area contributed by atoms with E-state index in [1.165, 1.54) is 12.1 Å². The van der Waals surface area contributed by atoms with Crippen LogP contribution in [-0.2, 0) is 6.54 Å². The van der Waals surface area contributed by atoms with Gasteiger partial charge in [-0.2, -0.15) is 0 Å². The lowest BCUT2D eigenvalue weighted by Crippen LogP contribution is -2.37. The maximum atomic E-state index is 13.4. The molecule has 0 amide bonds. The number of piperidine rings is 1. The van der Waals surface area contributed by atoms with Gasteiger partial charge in [-0.15, -0.1) is 12.4 Å². The van der Waals surface area contributed by atoms with E-state index in [1.807, 2.05) is 16.7 Å². The van der Waals surface area contributed by atoms with Gasteiger partial charge in [0.05, 0.1) is 22.1 Å². The predicted molar refractivity (Wildman–Crippen MR) is 127 cm³/mol. The van der Waals surface area contributed by atoms with Crippen molar-refractivity contribution in [1.82, 2.24) is 24.0 Å². The molecule has 1 aliphatic rings. The lowest BCUT2D eigenvalue weighted by molar-refractivity contribution is 0.183. The van der Waals surface area contributed by atoms with Crippen molar-refractivity contribution >= 4 is 46.1 Å². The summed E-state index contributed by atoms with van der Waals surface area (Å²) < 4.78 is 16.9. The van der Waals surface area contributed by atoms with Crippen LogP contribution in [0, 0.1) is 5.82 Å². The Bertz CT molecular complexity index is 1360. The minimum atomic E-state index is -0.360. The molecule has 32 heavy (non-hydrogen) atoms. The highest BCUT2D eigenvalue weighted by Crippen LogP contribution is 2.26. The quantitative estimate of drug-likeness (QED) is 0.455. The first-order chi connectivity index (χ1) is 15.0. The lowest BCUT2D eigenvalue weighted by Gasteiger charge is -2.32. The van der Waals surface area contributed by atoms with E-state index >= 15 is 0 Å². The van der Waals surface area contributed by atoms with Crippen molar-refractivity contribution in [1.29, 1.82) is 0 Å². The number of H-pyrrole nitrogens is 2. The number of hydrogen-bond acceptors (Lipinski definition) is 3. The smallest absolute Gasteiger partial charge is 0.305 e. The highest BCUT2D eigenvalue weighted by atomic mass is 35.5. The largest absolute Gasteiger partial charge is 0.326 e. The fourth-order valence-electron chi connectivity index (χ4n) is 4.68. The van der Waals surface area contributed by atoms with Crippen molar-refractivity contribution < 1.29 is 4.39 Å². The van der Waals surface area contributed by atoms with Crippen molar-refractivity contribution in [2.45, 2.75) is 31.8 Å². The molecule has 170 valence electrons. The maximum absolute atomic E-state index is 13.4. The number of aromatic nitrogens is 4. The molecule has 0 aliphatic carbocycles. The number of nitrogens with one attached hydrogen (secondary N) is 2. The van der Waals surface area contributed by atoms with Gasteiger partial charge in [0.15, 0.2) is 0 Å². The van der Waals surface area contributed by atoms with Gasteiger partial charge in [0, 0.05) is 30.7 Å². The average Bonchev–Trinajstić information content (AvgIpc) is 3.23. The monoisotopic (exact) mass is 479 g/mol. The summed E-state index contributed by atoms with van der Waals surface area (Å²) in [5, 5.41) is 0.607. The molecular formula is C22H24Cl2FN5O2. The summed E-state index contributed by atoms with van der Waals surface area (Å²) in [7, 11) is 0. The molecule has 1 fully saturated rings. The van der Waals surface area contributed by atoms with Gasteiger partial charge in [-0.3, -0.25) is 9.13 Å². The topological polar surface area (TPSA) is 78.8 Å². The molecule has 0 unspecified atom stereocenters. The summed E-state index contributed by atoms with van der Waals surface area (Å²) >= 11 is 6.04. The summed E-state index contributed by atoms with van der Waals surface area (Å²) in [5.74, 6) is -0.360. The molecule has 2 N–H and O–H groups in total. The summed E-state index contributed by atoms with van der Waals surface area (Å²) in [5.41, 5.74) is 2.61. The van der Waals surface area contributed by atoms with Crippen molar-refractivity contribution in [2.24, 2.45) is 0 Å². The molecule has 0 saturated carbocycles. The lowest BCUT2D eigenvalue weighted by atomic mass is 10.0. The number of likely N-dealkylation sites (tertiary alicyclic amines) is 1. The second-order valence-corrected chi connectivity index (χ2v) is 8.57. The molecule has 10 heteroatoms. The highest BCUT2D eigenvalue weighted by molar-refractivity contribution is 6.31. The molecule has 4 aromatic rings. The van der Waals surface area contributed by atoms with E-state index in [2.05, 4.69) is 14.9 Å². The number of hydrogen-bond donors (Lipinski definition) is 2. The van der Waals surface area contributed by atoms with E-state index in [0.717, 1.165) is 55.4 Å². The Balaban J connectivity index is 0.00000245. The zero-order valence-corrected chi connectivity index (χ0v) is 18.9. The van der Waals surface area contributed by atoms with Crippen molar-refractivity contribution in [3.63, 3.8) is 0 Å². The van der Waals surface area contributed by atoms with E-state index in [-0.39, 0.29) is 35.6 Å². The number of nitrogens with zero attached hydrogens (tertiary/aromatic N) is 3. The van der Waals surface area contributed by atoms with E-state index < -0.39 is 0 Å². The van der Waals surface area contributed by atoms with Crippen LogP contribution in [0.3, 0.4) is 0 Å². The Labute approximate surface area is 194 Å². The first-order valence-electron chi connectivity index (χ1n) is 10.5. The molecule has 0 radical (unpaired) electrons.